The van der Waals surface area contributed by atoms with Gasteiger partial charge in [0.25, 0.3) is 5.78 Å². The molecule has 120 valence electrons. The van der Waals surface area contributed by atoms with Gasteiger partial charge in [0.2, 0.25) is 0 Å². The molecule has 0 radical (unpaired) electrons. The summed E-state index contributed by atoms with van der Waals surface area (Å²) in [6.07, 6.45) is 1.41. The Labute approximate surface area is 133 Å². The van der Waals surface area contributed by atoms with E-state index in [9.17, 15) is 13.2 Å². The fraction of sp³-hybridized carbons (Fsp3) is 0.214. The molecule has 3 aromatic rings. The molecule has 0 atom stereocenters. The number of nitrogens with zero attached hydrogens (tertiary/aromatic N) is 4. The van der Waals surface area contributed by atoms with Gasteiger partial charge in [-0.15, -0.1) is 0 Å². The van der Waals surface area contributed by atoms with Crippen LogP contribution in [0, 0.1) is 6.92 Å². The number of hydrogen-bond donors (Lipinski definition) is 1. The maximum atomic E-state index is 12.3. The number of halogens is 3. The monoisotopic (exact) mass is 339 g/mol. The summed E-state index contributed by atoms with van der Waals surface area (Å²) in [5.74, 6) is 1.21. The van der Waals surface area contributed by atoms with Gasteiger partial charge in [0, 0.05) is 23.2 Å². The molecule has 0 unspecified atom stereocenters. The first-order valence-corrected chi connectivity index (χ1v) is 7.48. The minimum Gasteiger partial charge on any atom is -0.366 e. The van der Waals surface area contributed by atoms with Crippen molar-refractivity contribution in [3.8, 4) is 0 Å². The average molecular weight is 339 g/mol. The van der Waals surface area contributed by atoms with Crippen LogP contribution < -0.4 is 5.32 Å². The van der Waals surface area contributed by atoms with E-state index < -0.39 is 5.51 Å². The Kier molecular flexibility index (Phi) is 4.12. The fourth-order valence-corrected chi connectivity index (χ4v) is 2.60. The quantitative estimate of drug-likeness (QED) is 0.735. The van der Waals surface area contributed by atoms with Gasteiger partial charge in [-0.2, -0.15) is 27.8 Å². The number of nitrogens with one attached hydrogen (secondary N) is 1. The zero-order valence-electron chi connectivity index (χ0n) is 12.0. The summed E-state index contributed by atoms with van der Waals surface area (Å²) in [6.45, 7) is 2.30. The highest BCUT2D eigenvalue weighted by Crippen LogP contribution is 2.36. The minimum absolute atomic E-state index is 0.122. The van der Waals surface area contributed by atoms with Crippen molar-refractivity contribution >= 4 is 23.4 Å². The van der Waals surface area contributed by atoms with Crippen molar-refractivity contribution in [3.63, 3.8) is 0 Å². The van der Waals surface area contributed by atoms with Crippen LogP contribution in [0.3, 0.4) is 0 Å². The molecule has 0 fully saturated rings. The molecule has 5 nitrogen and oxygen atoms in total. The minimum atomic E-state index is -4.27. The van der Waals surface area contributed by atoms with Gasteiger partial charge in [0.15, 0.2) is 0 Å². The summed E-state index contributed by atoms with van der Waals surface area (Å²) in [4.78, 5) is 8.44. The highest BCUT2D eigenvalue weighted by molar-refractivity contribution is 8.00. The van der Waals surface area contributed by atoms with Crippen LogP contribution in [0.4, 0.5) is 19.0 Å². The molecule has 0 spiro atoms. The van der Waals surface area contributed by atoms with E-state index in [1.54, 1.807) is 16.6 Å². The Morgan fingerprint density at radius 2 is 1.96 bits per heavy atom. The standard InChI is InChI=1S/C14H12F3N5S/c1-9-6-12(22-13(21-9)19-8-20-22)18-7-10-2-4-11(5-3-10)23-14(15,16)17/h2-6,8,18H,7H2,1H3. The molecule has 0 aliphatic carbocycles. The molecule has 1 aromatic carbocycles. The predicted molar refractivity (Wildman–Crippen MR) is 81.2 cm³/mol. The van der Waals surface area contributed by atoms with E-state index >= 15 is 0 Å². The third kappa shape index (κ3) is 3.92. The van der Waals surface area contributed by atoms with Crippen LogP contribution >= 0.6 is 11.8 Å². The summed E-state index contributed by atoms with van der Waals surface area (Å²) < 4.78 is 38.5. The molecule has 9 heteroatoms. The zero-order valence-corrected chi connectivity index (χ0v) is 12.8. The molecular formula is C14H12F3N5S. The molecule has 2 aromatic heterocycles. The molecule has 0 aliphatic heterocycles. The van der Waals surface area contributed by atoms with E-state index in [0.717, 1.165) is 17.1 Å². The third-order valence-electron chi connectivity index (χ3n) is 3.01. The summed E-state index contributed by atoms with van der Waals surface area (Å²) in [5, 5.41) is 7.27. The molecule has 23 heavy (non-hydrogen) atoms. The van der Waals surface area contributed by atoms with Gasteiger partial charge in [-0.05, 0) is 36.4 Å². The number of thioether (sulfide) groups is 1. The summed E-state index contributed by atoms with van der Waals surface area (Å²) in [6, 6.07) is 8.06. The van der Waals surface area contributed by atoms with Crippen LogP contribution in [-0.2, 0) is 6.54 Å². The lowest BCUT2D eigenvalue weighted by molar-refractivity contribution is -0.0328. The Bertz CT molecular complexity index is 813. The number of alkyl halides is 3. The van der Waals surface area contributed by atoms with E-state index in [1.165, 1.54) is 18.5 Å². The fourth-order valence-electron chi connectivity index (χ4n) is 2.06. The number of rotatable bonds is 4. The number of anilines is 1. The first-order chi connectivity index (χ1) is 10.9. The van der Waals surface area contributed by atoms with E-state index in [-0.39, 0.29) is 16.7 Å². The maximum absolute atomic E-state index is 12.3. The second-order valence-corrected chi connectivity index (χ2v) is 5.94. The van der Waals surface area contributed by atoms with Crippen molar-refractivity contribution < 1.29 is 13.2 Å². The maximum Gasteiger partial charge on any atom is 0.446 e. The molecule has 2 heterocycles. The average Bonchev–Trinajstić information content (AvgIpc) is 2.92. The molecule has 0 saturated carbocycles. The van der Waals surface area contributed by atoms with Crippen LogP contribution in [0.25, 0.3) is 5.78 Å². The number of aromatic nitrogens is 4. The predicted octanol–water partition coefficient (Wildman–Crippen LogP) is 3.66. The van der Waals surface area contributed by atoms with E-state index in [4.69, 9.17) is 0 Å². The number of aryl methyl sites for hydroxylation is 1. The van der Waals surface area contributed by atoms with Crippen molar-refractivity contribution in [3.05, 3.63) is 47.9 Å². The first kappa shape index (κ1) is 15.6. The number of benzene rings is 1. The normalized spacial score (nSPS) is 11.8. The lowest BCUT2D eigenvalue weighted by atomic mass is 10.2. The molecule has 0 saturated heterocycles. The Morgan fingerprint density at radius 1 is 1.22 bits per heavy atom. The van der Waals surface area contributed by atoms with E-state index in [2.05, 4.69) is 20.4 Å². The SMILES string of the molecule is Cc1cc(NCc2ccc(SC(F)(F)F)cc2)n2ncnc2n1. The Morgan fingerprint density at radius 3 is 2.65 bits per heavy atom. The van der Waals surface area contributed by atoms with Crippen molar-refractivity contribution in [1.29, 1.82) is 0 Å². The third-order valence-corrected chi connectivity index (χ3v) is 3.75. The van der Waals surface area contributed by atoms with Gasteiger partial charge in [0.05, 0.1) is 0 Å². The Balaban J connectivity index is 1.71. The number of fused-ring (bicyclic) bond motifs is 1. The molecule has 1 N–H and O–H groups in total. The van der Waals surface area contributed by atoms with Crippen molar-refractivity contribution in [2.75, 3.05) is 5.32 Å². The van der Waals surface area contributed by atoms with Gasteiger partial charge in [-0.1, -0.05) is 12.1 Å². The van der Waals surface area contributed by atoms with Gasteiger partial charge in [-0.25, -0.2) is 4.98 Å². The molecule has 0 amide bonds. The van der Waals surface area contributed by atoms with E-state index in [1.807, 2.05) is 13.0 Å². The molecule has 0 bridgehead atoms. The van der Waals surface area contributed by atoms with Crippen molar-refractivity contribution in [2.24, 2.45) is 0 Å². The van der Waals surface area contributed by atoms with Gasteiger partial charge in [-0.3, -0.25) is 0 Å². The van der Waals surface area contributed by atoms with Crippen LogP contribution in [-0.4, -0.2) is 25.1 Å². The highest BCUT2D eigenvalue weighted by Gasteiger charge is 2.28. The topological polar surface area (TPSA) is 55.1 Å². The Hall–Kier alpha value is -2.29. The summed E-state index contributed by atoms with van der Waals surface area (Å²) in [5.41, 5.74) is -2.61. The second-order valence-electron chi connectivity index (χ2n) is 4.80. The van der Waals surface area contributed by atoms with Gasteiger partial charge in [0.1, 0.15) is 12.1 Å². The van der Waals surface area contributed by atoms with Gasteiger partial charge < -0.3 is 5.32 Å². The number of hydrogen-bond acceptors (Lipinski definition) is 5. The van der Waals surface area contributed by atoms with Gasteiger partial charge >= 0.3 is 5.51 Å². The highest BCUT2D eigenvalue weighted by atomic mass is 32.2. The van der Waals surface area contributed by atoms with Crippen molar-refractivity contribution in [1.82, 2.24) is 19.6 Å². The molecule has 3 rings (SSSR count). The van der Waals surface area contributed by atoms with Crippen LogP contribution in [0.5, 0.6) is 0 Å². The van der Waals surface area contributed by atoms with E-state index in [0.29, 0.717) is 12.3 Å². The zero-order chi connectivity index (χ0) is 16.4. The smallest absolute Gasteiger partial charge is 0.366 e. The summed E-state index contributed by atoms with van der Waals surface area (Å²) >= 11 is -0.122. The molecule has 0 aliphatic rings. The van der Waals surface area contributed by atoms with Crippen LogP contribution in [0.1, 0.15) is 11.3 Å². The lowest BCUT2D eigenvalue weighted by Gasteiger charge is -2.10. The summed E-state index contributed by atoms with van der Waals surface area (Å²) in [7, 11) is 0. The molecular weight excluding hydrogens is 327 g/mol. The lowest BCUT2D eigenvalue weighted by Crippen LogP contribution is -2.07. The second kappa shape index (κ2) is 6.07. The van der Waals surface area contributed by atoms with Crippen LogP contribution in [0.15, 0.2) is 41.6 Å². The van der Waals surface area contributed by atoms with Crippen LogP contribution in [0.2, 0.25) is 0 Å². The van der Waals surface area contributed by atoms with Crippen molar-refractivity contribution in [2.45, 2.75) is 23.9 Å². The first-order valence-electron chi connectivity index (χ1n) is 6.67. The largest absolute Gasteiger partial charge is 0.446 e.